The van der Waals surface area contributed by atoms with E-state index in [0.717, 1.165) is 19.3 Å². The molecule has 30 heavy (non-hydrogen) atoms. The molecule has 0 saturated heterocycles. The van der Waals surface area contributed by atoms with Gasteiger partial charge in [-0.1, -0.05) is 0 Å². The van der Waals surface area contributed by atoms with Gasteiger partial charge in [-0.25, -0.2) is 9.59 Å². The van der Waals surface area contributed by atoms with Gasteiger partial charge in [-0.2, -0.15) is 0 Å². The minimum Gasteiger partial charge on any atom is -0.463 e. The van der Waals surface area contributed by atoms with Crippen molar-refractivity contribution in [2.45, 2.75) is 45.4 Å². The number of carbonyl (C=O) groups is 4. The number of ether oxygens (including phenoxy) is 2. The minimum absolute atomic E-state index is 0.000304. The Morgan fingerprint density at radius 3 is 2.30 bits per heavy atom. The van der Waals surface area contributed by atoms with Crippen LogP contribution in [0, 0.1) is 23.2 Å². The molecule has 9 nitrogen and oxygen atoms in total. The van der Waals surface area contributed by atoms with Crippen molar-refractivity contribution in [3.8, 4) is 0 Å². The second-order valence-electron chi connectivity index (χ2n) is 9.03. The summed E-state index contributed by atoms with van der Waals surface area (Å²) in [6.07, 6.45) is 6.51. The van der Waals surface area contributed by atoms with E-state index >= 15 is 0 Å². The van der Waals surface area contributed by atoms with Crippen LogP contribution < -0.4 is 16.0 Å². The summed E-state index contributed by atoms with van der Waals surface area (Å²) in [5.41, 5.74) is 0.0808. The first-order valence-corrected chi connectivity index (χ1v) is 10.8. The molecular weight excluding hydrogens is 390 g/mol. The van der Waals surface area contributed by atoms with Crippen LogP contribution in [0.1, 0.15) is 45.4 Å². The normalized spacial score (nSPS) is 31.6. The van der Waals surface area contributed by atoms with E-state index in [1.807, 2.05) is 0 Å². The van der Waals surface area contributed by atoms with E-state index in [0.29, 0.717) is 17.8 Å². The third-order valence-corrected chi connectivity index (χ3v) is 6.87. The maximum atomic E-state index is 12.9. The van der Waals surface area contributed by atoms with Crippen LogP contribution in [0.2, 0.25) is 0 Å². The predicted molar refractivity (Wildman–Crippen MR) is 105 cm³/mol. The Kier molecular flexibility index (Phi) is 5.71. The molecule has 5 rings (SSSR count). The molecule has 0 aromatic heterocycles. The van der Waals surface area contributed by atoms with Gasteiger partial charge < -0.3 is 25.4 Å². The summed E-state index contributed by atoms with van der Waals surface area (Å²) in [7, 11) is 0. The van der Waals surface area contributed by atoms with Crippen LogP contribution in [0.25, 0.3) is 0 Å². The van der Waals surface area contributed by atoms with Crippen LogP contribution >= 0.6 is 0 Å². The van der Waals surface area contributed by atoms with E-state index in [-0.39, 0.29) is 48.9 Å². The predicted octanol–water partition coefficient (Wildman–Crippen LogP) is 0.992. The monoisotopic (exact) mass is 419 g/mol. The number of esters is 2. The lowest BCUT2D eigenvalue weighted by Gasteiger charge is -2.55. The molecule has 0 unspecified atom stereocenters. The molecule has 4 aliphatic carbocycles. The number of hydrogen-bond acceptors (Lipinski definition) is 6. The van der Waals surface area contributed by atoms with Crippen LogP contribution in [-0.2, 0) is 23.9 Å². The second kappa shape index (κ2) is 8.28. The summed E-state index contributed by atoms with van der Waals surface area (Å²) < 4.78 is 10.2. The van der Waals surface area contributed by atoms with Crippen LogP contribution in [-0.4, -0.2) is 50.2 Å². The van der Waals surface area contributed by atoms with Gasteiger partial charge in [-0.15, -0.1) is 0 Å². The van der Waals surface area contributed by atoms with Crippen molar-refractivity contribution in [1.82, 2.24) is 16.0 Å². The van der Waals surface area contributed by atoms with E-state index < -0.39 is 18.0 Å². The third kappa shape index (κ3) is 4.15. The maximum Gasteiger partial charge on any atom is 0.337 e. The number of urea groups is 1. The summed E-state index contributed by atoms with van der Waals surface area (Å²) in [6.45, 7) is 1.38. The third-order valence-electron chi connectivity index (χ3n) is 6.87. The van der Waals surface area contributed by atoms with Crippen molar-refractivity contribution >= 4 is 23.9 Å². The second-order valence-corrected chi connectivity index (χ2v) is 9.03. The molecule has 5 aliphatic rings. The van der Waals surface area contributed by atoms with Gasteiger partial charge in [0, 0.05) is 5.41 Å². The van der Waals surface area contributed by atoms with Crippen LogP contribution in [0.3, 0.4) is 0 Å². The SMILES string of the molecule is CCOC(=O)C1=C(COC(=O)CNC(=O)C23CC4CC(CC(C4)C2)C3)NC(=O)NC1. The molecule has 1 heterocycles. The minimum atomic E-state index is -0.614. The summed E-state index contributed by atoms with van der Waals surface area (Å²) >= 11 is 0. The van der Waals surface area contributed by atoms with Gasteiger partial charge in [0.05, 0.1) is 24.4 Å². The quantitative estimate of drug-likeness (QED) is 0.529. The van der Waals surface area contributed by atoms with Crippen molar-refractivity contribution in [3.63, 3.8) is 0 Å². The largest absolute Gasteiger partial charge is 0.463 e. The van der Waals surface area contributed by atoms with Gasteiger partial charge in [0.2, 0.25) is 5.91 Å². The average Bonchev–Trinajstić information content (AvgIpc) is 2.69. The summed E-state index contributed by atoms with van der Waals surface area (Å²) in [6, 6.07) is -0.482. The first-order chi connectivity index (χ1) is 14.4. The Labute approximate surface area is 175 Å². The van der Waals surface area contributed by atoms with E-state index in [4.69, 9.17) is 9.47 Å². The topological polar surface area (TPSA) is 123 Å². The standard InChI is InChI=1S/C21H29N3O6/c1-2-29-18(26)15-9-23-20(28)24-16(15)11-30-17(25)10-22-19(27)21-6-12-3-13(7-21)5-14(4-12)8-21/h12-14H,2-11H2,1H3,(H,22,27)(H2,23,24,28). The molecule has 3 N–H and O–H groups in total. The van der Waals surface area contributed by atoms with Crippen molar-refractivity contribution in [2.75, 3.05) is 26.3 Å². The Bertz CT molecular complexity index is 754. The average molecular weight is 419 g/mol. The van der Waals surface area contributed by atoms with Gasteiger partial charge in [0.25, 0.3) is 0 Å². The summed E-state index contributed by atoms with van der Waals surface area (Å²) in [4.78, 5) is 48.7. The van der Waals surface area contributed by atoms with Gasteiger partial charge in [-0.3, -0.25) is 9.59 Å². The lowest BCUT2D eigenvalue weighted by molar-refractivity contribution is -0.150. The lowest BCUT2D eigenvalue weighted by Crippen LogP contribution is -2.54. The van der Waals surface area contributed by atoms with Crippen molar-refractivity contribution < 1.29 is 28.7 Å². The Hall–Kier alpha value is -2.58. The highest BCUT2D eigenvalue weighted by molar-refractivity contribution is 5.93. The molecule has 0 aromatic rings. The molecular formula is C21H29N3O6. The number of nitrogens with one attached hydrogen (secondary N) is 3. The Morgan fingerprint density at radius 1 is 1.07 bits per heavy atom. The van der Waals surface area contributed by atoms with Gasteiger partial charge in [-0.05, 0) is 63.2 Å². The maximum absolute atomic E-state index is 12.9. The molecule has 4 bridgehead atoms. The van der Waals surface area contributed by atoms with Gasteiger partial charge in [0.1, 0.15) is 13.2 Å². The van der Waals surface area contributed by atoms with Crippen molar-refractivity contribution in [3.05, 3.63) is 11.3 Å². The highest BCUT2D eigenvalue weighted by atomic mass is 16.5. The highest BCUT2D eigenvalue weighted by Crippen LogP contribution is 2.60. The van der Waals surface area contributed by atoms with Gasteiger partial charge in [0.15, 0.2) is 0 Å². The highest BCUT2D eigenvalue weighted by Gasteiger charge is 2.54. The molecule has 4 fully saturated rings. The number of hydrogen-bond donors (Lipinski definition) is 3. The fourth-order valence-corrected chi connectivity index (χ4v) is 6.00. The Balaban J connectivity index is 1.30. The molecule has 9 heteroatoms. The fourth-order valence-electron chi connectivity index (χ4n) is 6.00. The van der Waals surface area contributed by atoms with Crippen molar-refractivity contribution in [2.24, 2.45) is 23.2 Å². The van der Waals surface area contributed by atoms with E-state index in [2.05, 4.69) is 16.0 Å². The zero-order valence-electron chi connectivity index (χ0n) is 17.3. The fraction of sp³-hybridized carbons (Fsp3) is 0.714. The molecule has 1 aliphatic heterocycles. The van der Waals surface area contributed by atoms with E-state index in [1.54, 1.807) is 6.92 Å². The molecule has 3 amide bonds. The van der Waals surface area contributed by atoms with Gasteiger partial charge >= 0.3 is 18.0 Å². The smallest absolute Gasteiger partial charge is 0.337 e. The lowest BCUT2D eigenvalue weighted by atomic mass is 9.49. The first-order valence-electron chi connectivity index (χ1n) is 10.8. The van der Waals surface area contributed by atoms with E-state index in [9.17, 15) is 19.2 Å². The van der Waals surface area contributed by atoms with E-state index in [1.165, 1.54) is 19.3 Å². The molecule has 4 saturated carbocycles. The zero-order chi connectivity index (χ0) is 21.3. The van der Waals surface area contributed by atoms with Crippen LogP contribution in [0.5, 0.6) is 0 Å². The van der Waals surface area contributed by atoms with Crippen LogP contribution in [0.4, 0.5) is 4.79 Å². The molecule has 0 spiro atoms. The molecule has 164 valence electrons. The molecule has 0 atom stereocenters. The summed E-state index contributed by atoms with van der Waals surface area (Å²) in [5, 5.41) is 7.73. The first kappa shape index (κ1) is 20.7. The number of amides is 3. The number of rotatable bonds is 7. The van der Waals surface area contributed by atoms with Crippen LogP contribution in [0.15, 0.2) is 11.3 Å². The number of carbonyl (C=O) groups excluding carboxylic acids is 4. The Morgan fingerprint density at radius 2 is 1.70 bits per heavy atom. The summed E-state index contributed by atoms with van der Waals surface area (Å²) in [5.74, 6) is 0.699. The van der Waals surface area contributed by atoms with Crippen molar-refractivity contribution in [1.29, 1.82) is 0 Å². The molecule has 0 aromatic carbocycles. The molecule has 0 radical (unpaired) electrons. The zero-order valence-corrected chi connectivity index (χ0v) is 17.3.